The molecule has 2 aromatic heterocycles. The van der Waals surface area contributed by atoms with E-state index >= 15 is 0 Å². The number of hydrogen-bond donors (Lipinski definition) is 0. The van der Waals surface area contributed by atoms with E-state index in [1.807, 2.05) is 47.2 Å². The largest absolute Gasteiger partial charge is 0.457 e. The van der Waals surface area contributed by atoms with Crippen LogP contribution in [0.1, 0.15) is 17.4 Å². The first-order valence-corrected chi connectivity index (χ1v) is 8.36. The van der Waals surface area contributed by atoms with E-state index in [0.717, 1.165) is 16.7 Å². The van der Waals surface area contributed by atoms with Gasteiger partial charge in [-0.05, 0) is 35.9 Å². The Morgan fingerprint density at radius 3 is 2.40 bits per heavy atom. The third-order valence-corrected chi connectivity index (χ3v) is 4.58. The third-order valence-electron chi connectivity index (χ3n) is 3.83. The predicted molar refractivity (Wildman–Crippen MR) is 104 cm³/mol. The summed E-state index contributed by atoms with van der Waals surface area (Å²) in [7, 11) is 0. The summed E-state index contributed by atoms with van der Waals surface area (Å²) in [4.78, 5) is 4.15. The molecule has 0 saturated heterocycles. The van der Waals surface area contributed by atoms with Crippen LogP contribution in [0.15, 0.2) is 65.6 Å². The fraction of sp³-hybridized carbons (Fsp3) is 0.0556. The summed E-state index contributed by atoms with van der Waals surface area (Å²) in [6.45, 7) is 0. The van der Waals surface area contributed by atoms with Crippen LogP contribution >= 0.6 is 47.2 Å². The van der Waals surface area contributed by atoms with Gasteiger partial charge in [-0.3, -0.25) is 0 Å². The quantitative estimate of drug-likeness (QED) is 0.376. The van der Waals surface area contributed by atoms with Gasteiger partial charge in [-0.15, -0.1) is 12.4 Å². The summed E-state index contributed by atoms with van der Waals surface area (Å²) >= 11 is 18.4. The number of furan rings is 1. The van der Waals surface area contributed by atoms with Crippen molar-refractivity contribution < 1.29 is 4.42 Å². The summed E-state index contributed by atoms with van der Waals surface area (Å²) in [5, 5.41) is 2.61. The number of benzene rings is 2. The molecule has 0 bridgehead atoms. The Kier molecular flexibility index (Phi) is 5.30. The van der Waals surface area contributed by atoms with Gasteiger partial charge in [0.1, 0.15) is 11.8 Å². The molecule has 4 aromatic rings. The molecule has 3 nitrogen and oxygen atoms in total. The van der Waals surface area contributed by atoms with E-state index in [4.69, 9.17) is 39.2 Å². The molecule has 0 N–H and O–H groups in total. The first-order chi connectivity index (χ1) is 11.6. The second kappa shape index (κ2) is 7.30. The van der Waals surface area contributed by atoms with Crippen molar-refractivity contribution in [2.75, 3.05) is 0 Å². The number of fused-ring (bicyclic) bond motifs is 1. The van der Waals surface area contributed by atoms with E-state index < -0.39 is 0 Å². The minimum atomic E-state index is -0.174. The van der Waals surface area contributed by atoms with E-state index in [0.29, 0.717) is 20.7 Å². The molecule has 0 aliphatic heterocycles. The van der Waals surface area contributed by atoms with Gasteiger partial charge in [-0.2, -0.15) is 0 Å². The van der Waals surface area contributed by atoms with E-state index in [1.165, 1.54) is 0 Å². The molecule has 0 fully saturated rings. The molecule has 128 valence electrons. The average Bonchev–Trinajstić information content (AvgIpc) is 3.19. The molecule has 0 radical (unpaired) electrons. The lowest BCUT2D eigenvalue weighted by molar-refractivity contribution is 0.488. The molecule has 25 heavy (non-hydrogen) atoms. The van der Waals surface area contributed by atoms with Crippen LogP contribution in [0, 0.1) is 0 Å². The van der Waals surface area contributed by atoms with Crippen LogP contribution < -0.4 is 0 Å². The monoisotopic (exact) mass is 412 g/mol. The van der Waals surface area contributed by atoms with Gasteiger partial charge < -0.3 is 8.98 Å². The molecule has 0 saturated carbocycles. The molecular weight excluding hydrogens is 402 g/mol. The van der Waals surface area contributed by atoms with Crippen LogP contribution in [0.4, 0.5) is 0 Å². The van der Waals surface area contributed by atoms with Crippen molar-refractivity contribution in [2.24, 2.45) is 0 Å². The zero-order chi connectivity index (χ0) is 16.7. The van der Waals surface area contributed by atoms with Crippen LogP contribution in [0.2, 0.25) is 15.1 Å². The van der Waals surface area contributed by atoms with Gasteiger partial charge in [0.05, 0.1) is 11.3 Å². The van der Waals surface area contributed by atoms with Gasteiger partial charge in [0.15, 0.2) is 5.58 Å². The van der Waals surface area contributed by atoms with Gasteiger partial charge in [0.2, 0.25) is 0 Å². The topological polar surface area (TPSA) is 31.0 Å². The SMILES string of the molecule is Cl.Clc1ccc(C(c2cc3cc(Cl)cc(Cl)c3o2)n2ccnc2)cc1. The van der Waals surface area contributed by atoms with Gasteiger partial charge in [-0.1, -0.05) is 46.9 Å². The minimum Gasteiger partial charge on any atom is -0.457 e. The fourth-order valence-corrected chi connectivity index (χ4v) is 3.45. The van der Waals surface area contributed by atoms with Crippen molar-refractivity contribution in [2.45, 2.75) is 6.04 Å². The number of aromatic nitrogens is 2. The normalized spacial score (nSPS) is 12.1. The first kappa shape index (κ1) is 18.2. The molecule has 2 aromatic carbocycles. The molecule has 0 spiro atoms. The highest BCUT2D eigenvalue weighted by Gasteiger charge is 2.21. The van der Waals surface area contributed by atoms with Crippen molar-refractivity contribution in [3.63, 3.8) is 0 Å². The van der Waals surface area contributed by atoms with Gasteiger partial charge in [0, 0.05) is 27.8 Å². The maximum atomic E-state index is 6.26. The molecule has 0 aliphatic rings. The fourth-order valence-electron chi connectivity index (χ4n) is 2.78. The average molecular weight is 414 g/mol. The number of imidazole rings is 1. The van der Waals surface area contributed by atoms with Crippen LogP contribution in [0.25, 0.3) is 11.0 Å². The Balaban J connectivity index is 0.00000182. The lowest BCUT2D eigenvalue weighted by atomic mass is 10.0. The van der Waals surface area contributed by atoms with E-state index in [1.54, 1.807) is 18.6 Å². The van der Waals surface area contributed by atoms with Crippen LogP contribution in [-0.2, 0) is 0 Å². The maximum absolute atomic E-state index is 6.26. The summed E-state index contributed by atoms with van der Waals surface area (Å²) in [5.74, 6) is 0.745. The van der Waals surface area contributed by atoms with Crippen LogP contribution in [-0.4, -0.2) is 9.55 Å². The second-order valence-electron chi connectivity index (χ2n) is 5.42. The van der Waals surface area contributed by atoms with Crippen molar-refractivity contribution in [3.05, 3.63) is 87.6 Å². The Hall–Kier alpha value is -1.65. The zero-order valence-electron chi connectivity index (χ0n) is 12.7. The predicted octanol–water partition coefficient (Wildman–Crippen LogP) is 6.65. The number of hydrogen-bond acceptors (Lipinski definition) is 2. The summed E-state index contributed by atoms with van der Waals surface area (Å²) in [6, 6.07) is 12.9. The molecule has 1 unspecified atom stereocenters. The highest BCUT2D eigenvalue weighted by Crippen LogP contribution is 2.36. The maximum Gasteiger partial charge on any atom is 0.153 e. The summed E-state index contributed by atoms with van der Waals surface area (Å²) in [5.41, 5.74) is 1.65. The summed E-state index contributed by atoms with van der Waals surface area (Å²) < 4.78 is 8.02. The molecule has 1 atom stereocenters. The Morgan fingerprint density at radius 1 is 0.960 bits per heavy atom. The lowest BCUT2D eigenvalue weighted by Gasteiger charge is -2.16. The van der Waals surface area contributed by atoms with Gasteiger partial charge in [0.25, 0.3) is 0 Å². The minimum absolute atomic E-state index is 0. The summed E-state index contributed by atoms with van der Waals surface area (Å²) in [6.07, 6.45) is 5.37. The van der Waals surface area contributed by atoms with Crippen molar-refractivity contribution >= 4 is 58.2 Å². The zero-order valence-corrected chi connectivity index (χ0v) is 15.8. The molecule has 0 aliphatic carbocycles. The Labute approximate surface area is 165 Å². The first-order valence-electron chi connectivity index (χ1n) is 7.23. The molecule has 7 heteroatoms. The number of rotatable bonds is 3. The Morgan fingerprint density at radius 2 is 1.72 bits per heavy atom. The highest BCUT2D eigenvalue weighted by molar-refractivity contribution is 6.38. The van der Waals surface area contributed by atoms with Crippen molar-refractivity contribution in [1.29, 1.82) is 0 Å². The molecular formula is C18H12Cl4N2O. The van der Waals surface area contributed by atoms with Crippen molar-refractivity contribution in [3.8, 4) is 0 Å². The van der Waals surface area contributed by atoms with E-state index in [-0.39, 0.29) is 18.4 Å². The van der Waals surface area contributed by atoms with Gasteiger partial charge in [-0.25, -0.2) is 4.98 Å². The molecule has 0 amide bonds. The number of halogens is 4. The standard InChI is InChI=1S/C18H11Cl3N2O.ClH/c19-13-3-1-11(2-4-13)17(23-6-5-22-10-23)16-8-12-7-14(20)9-15(21)18(12)24-16;/h1-10,17H;1H. The van der Waals surface area contributed by atoms with Crippen molar-refractivity contribution in [1.82, 2.24) is 9.55 Å². The third kappa shape index (κ3) is 3.51. The van der Waals surface area contributed by atoms with Crippen LogP contribution in [0.3, 0.4) is 0 Å². The smallest absolute Gasteiger partial charge is 0.153 e. The highest BCUT2D eigenvalue weighted by atomic mass is 35.5. The lowest BCUT2D eigenvalue weighted by Crippen LogP contribution is -2.09. The van der Waals surface area contributed by atoms with E-state index in [9.17, 15) is 0 Å². The molecule has 4 rings (SSSR count). The van der Waals surface area contributed by atoms with Crippen LogP contribution in [0.5, 0.6) is 0 Å². The van der Waals surface area contributed by atoms with E-state index in [2.05, 4.69) is 4.98 Å². The molecule has 2 heterocycles. The second-order valence-corrected chi connectivity index (χ2v) is 6.70. The van der Waals surface area contributed by atoms with Gasteiger partial charge >= 0.3 is 0 Å². The number of nitrogens with zero attached hydrogens (tertiary/aromatic N) is 2. The Bertz CT molecular complexity index is 994.